The first-order valence-electron chi connectivity index (χ1n) is 8.79. The van der Waals surface area contributed by atoms with Crippen molar-refractivity contribution in [1.82, 2.24) is 15.1 Å². The van der Waals surface area contributed by atoms with E-state index >= 15 is 0 Å². The lowest BCUT2D eigenvalue weighted by molar-refractivity contribution is -0.145. The Morgan fingerprint density at radius 1 is 1.08 bits per heavy atom. The first-order chi connectivity index (χ1) is 11.5. The van der Waals surface area contributed by atoms with E-state index in [9.17, 15) is 14.4 Å². The van der Waals surface area contributed by atoms with E-state index in [1.807, 2.05) is 34.6 Å². The zero-order valence-electron chi connectivity index (χ0n) is 16.0. The molecule has 0 aromatic heterocycles. The Labute approximate surface area is 150 Å². The summed E-state index contributed by atoms with van der Waals surface area (Å²) in [6, 6.07) is 0. The number of amides is 3. The number of nitrogens with zero attached hydrogens (tertiary/aromatic N) is 2. The fraction of sp³-hybridized carbons (Fsp3) is 0.824. The van der Waals surface area contributed by atoms with Gasteiger partial charge in [0.25, 0.3) is 5.91 Å². The number of carbonyl (C=O) groups excluding carboxylic acids is 3. The van der Waals surface area contributed by atoms with Crippen LogP contribution in [-0.2, 0) is 14.3 Å². The van der Waals surface area contributed by atoms with E-state index in [-0.39, 0.29) is 24.3 Å². The quantitative estimate of drug-likeness (QED) is 0.749. The molecule has 1 aliphatic heterocycles. The summed E-state index contributed by atoms with van der Waals surface area (Å²) >= 11 is 0. The van der Waals surface area contributed by atoms with Gasteiger partial charge in [0.05, 0.1) is 6.54 Å². The summed E-state index contributed by atoms with van der Waals surface area (Å²) in [5.74, 6) is -0.124. The van der Waals surface area contributed by atoms with Crippen LogP contribution in [0, 0.1) is 5.92 Å². The second-order valence-corrected chi connectivity index (χ2v) is 7.81. The first-order valence-corrected chi connectivity index (χ1v) is 8.79. The monoisotopic (exact) mass is 356 g/mol. The summed E-state index contributed by atoms with van der Waals surface area (Å²) in [5, 5.41) is 2.71. The average Bonchev–Trinajstić information content (AvgIpc) is 2.50. The zero-order valence-corrected chi connectivity index (χ0v) is 16.0. The molecule has 0 bridgehead atoms. The minimum absolute atomic E-state index is 0.0278. The molecular weight excluding hydrogens is 324 g/mol. The summed E-state index contributed by atoms with van der Waals surface area (Å²) < 4.78 is 5.41. The van der Waals surface area contributed by atoms with Crippen LogP contribution in [0.4, 0.5) is 4.79 Å². The Kier molecular flexibility index (Phi) is 7.66. The molecule has 8 heteroatoms. The molecule has 0 aromatic carbocycles. The van der Waals surface area contributed by atoms with E-state index in [1.54, 1.807) is 9.80 Å². The van der Waals surface area contributed by atoms with Crippen molar-refractivity contribution in [2.24, 2.45) is 11.7 Å². The topological polar surface area (TPSA) is 105 Å². The van der Waals surface area contributed by atoms with Gasteiger partial charge in [-0.05, 0) is 33.1 Å². The van der Waals surface area contributed by atoms with Crippen LogP contribution < -0.4 is 11.1 Å². The van der Waals surface area contributed by atoms with Gasteiger partial charge in [-0.1, -0.05) is 13.8 Å². The van der Waals surface area contributed by atoms with Crippen molar-refractivity contribution in [3.63, 3.8) is 0 Å². The molecule has 1 rings (SSSR count). The van der Waals surface area contributed by atoms with Crippen LogP contribution in [-0.4, -0.2) is 72.1 Å². The zero-order chi connectivity index (χ0) is 19.2. The molecule has 0 spiro atoms. The standard InChI is InChI=1S/C17H32N4O4/c1-12(2)10-13(25-16(24)19-17(3,4)5)15(23)21-8-6-20(7-9-21)14(22)11-18/h12-13H,6-11,18H2,1-5H3,(H,19,24)/t13-/m0/s1. The van der Waals surface area contributed by atoms with Crippen molar-refractivity contribution < 1.29 is 19.1 Å². The summed E-state index contributed by atoms with van der Waals surface area (Å²) in [4.78, 5) is 39.7. The number of piperazine rings is 1. The Morgan fingerprint density at radius 3 is 2.04 bits per heavy atom. The smallest absolute Gasteiger partial charge is 0.408 e. The number of nitrogens with one attached hydrogen (secondary N) is 1. The third-order valence-electron chi connectivity index (χ3n) is 3.81. The number of nitrogens with two attached hydrogens (primary N) is 1. The molecule has 0 aromatic rings. The second kappa shape index (κ2) is 9.03. The number of rotatable bonds is 5. The predicted molar refractivity (Wildman–Crippen MR) is 94.8 cm³/mol. The van der Waals surface area contributed by atoms with Crippen molar-refractivity contribution in [3.05, 3.63) is 0 Å². The van der Waals surface area contributed by atoms with Gasteiger partial charge in [-0.25, -0.2) is 4.79 Å². The van der Waals surface area contributed by atoms with E-state index in [0.717, 1.165) is 0 Å². The van der Waals surface area contributed by atoms with Gasteiger partial charge in [-0.2, -0.15) is 0 Å². The summed E-state index contributed by atoms with van der Waals surface area (Å²) in [7, 11) is 0. The molecule has 1 saturated heterocycles. The summed E-state index contributed by atoms with van der Waals surface area (Å²) in [5.41, 5.74) is 4.94. The van der Waals surface area contributed by atoms with Crippen molar-refractivity contribution in [2.45, 2.75) is 52.7 Å². The van der Waals surface area contributed by atoms with Gasteiger partial charge in [-0.15, -0.1) is 0 Å². The lowest BCUT2D eigenvalue weighted by atomic mass is 10.0. The van der Waals surface area contributed by atoms with E-state index < -0.39 is 17.7 Å². The van der Waals surface area contributed by atoms with Gasteiger partial charge in [0.2, 0.25) is 5.91 Å². The Balaban J connectivity index is 2.68. The molecular formula is C17H32N4O4. The highest BCUT2D eigenvalue weighted by Gasteiger charge is 2.32. The van der Waals surface area contributed by atoms with Crippen molar-refractivity contribution >= 4 is 17.9 Å². The largest absolute Gasteiger partial charge is 0.436 e. The van der Waals surface area contributed by atoms with Crippen LogP contribution >= 0.6 is 0 Å². The Hall–Kier alpha value is -1.83. The first kappa shape index (κ1) is 21.2. The normalized spacial score (nSPS) is 16.6. The molecule has 144 valence electrons. The number of carbonyl (C=O) groups is 3. The summed E-state index contributed by atoms with van der Waals surface area (Å²) in [6.45, 7) is 11.2. The molecule has 0 aliphatic carbocycles. The van der Waals surface area contributed by atoms with Gasteiger partial charge in [0.15, 0.2) is 6.10 Å². The average molecular weight is 356 g/mol. The highest BCUT2D eigenvalue weighted by molar-refractivity contribution is 5.84. The molecule has 1 heterocycles. The molecule has 3 N–H and O–H groups in total. The van der Waals surface area contributed by atoms with Crippen LogP contribution in [0.2, 0.25) is 0 Å². The maximum absolute atomic E-state index is 12.8. The van der Waals surface area contributed by atoms with Gasteiger partial charge in [0.1, 0.15) is 0 Å². The number of alkyl carbamates (subject to hydrolysis) is 1. The van der Waals surface area contributed by atoms with Crippen LogP contribution in [0.5, 0.6) is 0 Å². The minimum atomic E-state index is -0.820. The molecule has 3 amide bonds. The van der Waals surface area contributed by atoms with Crippen LogP contribution in [0.1, 0.15) is 41.0 Å². The maximum Gasteiger partial charge on any atom is 0.408 e. The maximum atomic E-state index is 12.8. The van der Waals surface area contributed by atoms with Crippen molar-refractivity contribution in [3.8, 4) is 0 Å². The van der Waals surface area contributed by atoms with Crippen molar-refractivity contribution in [1.29, 1.82) is 0 Å². The highest BCUT2D eigenvalue weighted by Crippen LogP contribution is 2.14. The Bertz CT molecular complexity index is 480. The number of hydrogen-bond acceptors (Lipinski definition) is 5. The number of ether oxygens (including phenoxy) is 1. The lowest BCUT2D eigenvalue weighted by Crippen LogP contribution is -2.55. The molecule has 1 atom stereocenters. The molecule has 0 radical (unpaired) electrons. The van der Waals surface area contributed by atoms with Gasteiger partial charge < -0.3 is 25.6 Å². The van der Waals surface area contributed by atoms with E-state index in [1.165, 1.54) is 0 Å². The fourth-order valence-corrected chi connectivity index (χ4v) is 2.60. The van der Waals surface area contributed by atoms with Crippen LogP contribution in [0.25, 0.3) is 0 Å². The van der Waals surface area contributed by atoms with Gasteiger partial charge in [-0.3, -0.25) is 9.59 Å². The van der Waals surface area contributed by atoms with E-state index in [4.69, 9.17) is 10.5 Å². The van der Waals surface area contributed by atoms with Crippen molar-refractivity contribution in [2.75, 3.05) is 32.7 Å². The SMILES string of the molecule is CC(C)C[C@H](OC(=O)NC(C)(C)C)C(=O)N1CCN(C(=O)CN)CC1. The molecule has 0 saturated carbocycles. The third kappa shape index (κ3) is 7.29. The Morgan fingerprint density at radius 2 is 1.60 bits per heavy atom. The van der Waals surface area contributed by atoms with Gasteiger partial charge in [0, 0.05) is 31.7 Å². The van der Waals surface area contributed by atoms with Gasteiger partial charge >= 0.3 is 6.09 Å². The van der Waals surface area contributed by atoms with Crippen LogP contribution in [0.15, 0.2) is 0 Å². The van der Waals surface area contributed by atoms with E-state index in [0.29, 0.717) is 32.6 Å². The fourth-order valence-electron chi connectivity index (χ4n) is 2.60. The highest BCUT2D eigenvalue weighted by atomic mass is 16.6. The second-order valence-electron chi connectivity index (χ2n) is 7.81. The number of hydrogen-bond donors (Lipinski definition) is 2. The molecule has 1 aliphatic rings. The third-order valence-corrected chi connectivity index (χ3v) is 3.81. The van der Waals surface area contributed by atoms with Crippen LogP contribution in [0.3, 0.4) is 0 Å². The molecule has 1 fully saturated rings. The lowest BCUT2D eigenvalue weighted by Gasteiger charge is -2.36. The van der Waals surface area contributed by atoms with E-state index in [2.05, 4.69) is 5.32 Å². The predicted octanol–water partition coefficient (Wildman–Crippen LogP) is 0.555. The molecule has 0 unspecified atom stereocenters. The summed E-state index contributed by atoms with van der Waals surface area (Å²) in [6.07, 6.45) is -0.958. The minimum Gasteiger partial charge on any atom is -0.436 e. The molecule has 25 heavy (non-hydrogen) atoms. The molecule has 8 nitrogen and oxygen atoms in total.